The zero-order chi connectivity index (χ0) is 9.14. The monoisotopic (exact) mass is 169 g/mol. The van der Waals surface area contributed by atoms with Gasteiger partial charge in [0.1, 0.15) is 0 Å². The van der Waals surface area contributed by atoms with Crippen LogP contribution >= 0.6 is 0 Å². The molecule has 1 rings (SSSR count). The average Bonchev–Trinajstić information content (AvgIpc) is 1.94. The van der Waals surface area contributed by atoms with Crippen LogP contribution in [0.25, 0.3) is 0 Å². The molecule has 0 spiro atoms. The Labute approximate surface area is 72.3 Å². The van der Waals surface area contributed by atoms with Crippen molar-refractivity contribution >= 4 is 11.6 Å². The molecule has 3 nitrogen and oxygen atoms in total. The first-order chi connectivity index (χ1) is 5.61. The first-order valence-corrected chi connectivity index (χ1v) is 4.41. The SMILES string of the molecule is CC(=O)C(=O)C(N)CC1CCC1. The molecule has 0 saturated heterocycles. The number of Topliss-reactive ketones (excluding diaryl/α,β-unsaturated/α-hetero) is 2. The third-order valence-electron chi connectivity index (χ3n) is 2.50. The summed E-state index contributed by atoms with van der Waals surface area (Å²) < 4.78 is 0. The van der Waals surface area contributed by atoms with E-state index in [9.17, 15) is 9.59 Å². The van der Waals surface area contributed by atoms with Gasteiger partial charge in [0.15, 0.2) is 5.78 Å². The van der Waals surface area contributed by atoms with Crippen LogP contribution in [0.1, 0.15) is 32.6 Å². The zero-order valence-electron chi connectivity index (χ0n) is 7.38. The van der Waals surface area contributed by atoms with E-state index in [4.69, 9.17) is 5.73 Å². The Morgan fingerprint density at radius 1 is 1.50 bits per heavy atom. The summed E-state index contributed by atoms with van der Waals surface area (Å²) in [7, 11) is 0. The van der Waals surface area contributed by atoms with Crippen molar-refractivity contribution in [2.45, 2.75) is 38.6 Å². The minimum atomic E-state index is -0.548. The summed E-state index contributed by atoms with van der Waals surface area (Å²) in [5.41, 5.74) is 5.56. The fourth-order valence-corrected chi connectivity index (χ4v) is 1.46. The highest BCUT2D eigenvalue weighted by Gasteiger charge is 2.25. The summed E-state index contributed by atoms with van der Waals surface area (Å²) in [6, 6.07) is -0.548. The van der Waals surface area contributed by atoms with Crippen molar-refractivity contribution in [1.82, 2.24) is 0 Å². The van der Waals surface area contributed by atoms with Gasteiger partial charge in [-0.3, -0.25) is 9.59 Å². The third kappa shape index (κ3) is 2.14. The number of hydrogen-bond acceptors (Lipinski definition) is 3. The molecule has 0 amide bonds. The van der Waals surface area contributed by atoms with Crippen molar-refractivity contribution < 1.29 is 9.59 Å². The van der Waals surface area contributed by atoms with Gasteiger partial charge < -0.3 is 5.73 Å². The van der Waals surface area contributed by atoms with Crippen molar-refractivity contribution in [3.8, 4) is 0 Å². The Morgan fingerprint density at radius 3 is 2.42 bits per heavy atom. The maximum atomic E-state index is 11.0. The summed E-state index contributed by atoms with van der Waals surface area (Å²) in [5.74, 6) is -0.243. The Bertz CT molecular complexity index is 197. The molecule has 0 aromatic heterocycles. The van der Waals surface area contributed by atoms with Gasteiger partial charge in [-0.2, -0.15) is 0 Å². The Hall–Kier alpha value is -0.700. The van der Waals surface area contributed by atoms with Crippen LogP contribution in [0, 0.1) is 5.92 Å². The number of carbonyl (C=O) groups is 2. The molecule has 3 heteroatoms. The molecule has 1 saturated carbocycles. The smallest absolute Gasteiger partial charge is 0.214 e. The Kier molecular flexibility index (Phi) is 2.98. The van der Waals surface area contributed by atoms with Crippen LogP contribution in [0.5, 0.6) is 0 Å². The second kappa shape index (κ2) is 3.81. The number of carbonyl (C=O) groups excluding carboxylic acids is 2. The standard InChI is InChI=1S/C9H15NO2/c1-6(11)9(12)8(10)5-7-3-2-4-7/h7-8H,2-5,10H2,1H3. The van der Waals surface area contributed by atoms with Crippen LogP contribution in [0.4, 0.5) is 0 Å². The molecular weight excluding hydrogens is 154 g/mol. The highest BCUT2D eigenvalue weighted by atomic mass is 16.2. The molecule has 0 radical (unpaired) electrons. The normalized spacial score (nSPS) is 19.8. The number of nitrogens with two attached hydrogens (primary N) is 1. The Morgan fingerprint density at radius 2 is 2.08 bits per heavy atom. The van der Waals surface area contributed by atoms with Crippen LogP contribution in [-0.4, -0.2) is 17.6 Å². The molecule has 0 bridgehead atoms. The molecule has 1 fully saturated rings. The van der Waals surface area contributed by atoms with Gasteiger partial charge in [-0.05, 0) is 12.3 Å². The van der Waals surface area contributed by atoms with Crippen LogP contribution < -0.4 is 5.73 Å². The summed E-state index contributed by atoms with van der Waals surface area (Å²) in [5, 5.41) is 0. The molecular formula is C9H15NO2. The van der Waals surface area contributed by atoms with E-state index in [1.54, 1.807) is 0 Å². The molecule has 0 aromatic carbocycles. The number of ketones is 2. The van der Waals surface area contributed by atoms with Crippen molar-refractivity contribution in [3.05, 3.63) is 0 Å². The number of rotatable bonds is 4. The van der Waals surface area contributed by atoms with Crippen molar-refractivity contribution in [2.75, 3.05) is 0 Å². The fraction of sp³-hybridized carbons (Fsp3) is 0.778. The van der Waals surface area contributed by atoms with Gasteiger partial charge in [-0.15, -0.1) is 0 Å². The summed E-state index contributed by atoms with van der Waals surface area (Å²) in [6.07, 6.45) is 4.27. The largest absolute Gasteiger partial charge is 0.321 e. The lowest BCUT2D eigenvalue weighted by molar-refractivity contribution is -0.136. The lowest BCUT2D eigenvalue weighted by Gasteiger charge is -2.27. The fourth-order valence-electron chi connectivity index (χ4n) is 1.46. The van der Waals surface area contributed by atoms with Gasteiger partial charge in [-0.25, -0.2) is 0 Å². The van der Waals surface area contributed by atoms with Crippen molar-refractivity contribution in [3.63, 3.8) is 0 Å². The molecule has 1 unspecified atom stereocenters. The molecule has 1 aliphatic carbocycles. The highest BCUT2D eigenvalue weighted by Crippen LogP contribution is 2.30. The predicted octanol–water partition coefficient (Wildman–Crippen LogP) is 0.662. The second-order valence-electron chi connectivity index (χ2n) is 3.56. The maximum absolute atomic E-state index is 11.0. The highest BCUT2D eigenvalue weighted by molar-refractivity contribution is 6.38. The van der Waals surface area contributed by atoms with E-state index in [1.807, 2.05) is 0 Å². The lowest BCUT2D eigenvalue weighted by atomic mass is 9.80. The van der Waals surface area contributed by atoms with Gasteiger partial charge in [0.2, 0.25) is 5.78 Å². The van der Waals surface area contributed by atoms with Crippen molar-refractivity contribution in [1.29, 1.82) is 0 Å². The zero-order valence-corrected chi connectivity index (χ0v) is 7.38. The van der Waals surface area contributed by atoms with Crippen LogP contribution in [-0.2, 0) is 9.59 Å². The van der Waals surface area contributed by atoms with Gasteiger partial charge in [0.25, 0.3) is 0 Å². The summed E-state index contributed by atoms with van der Waals surface area (Å²) in [4.78, 5) is 21.7. The van der Waals surface area contributed by atoms with Crippen LogP contribution in [0.3, 0.4) is 0 Å². The minimum Gasteiger partial charge on any atom is -0.321 e. The van der Waals surface area contributed by atoms with Crippen molar-refractivity contribution in [2.24, 2.45) is 11.7 Å². The van der Waals surface area contributed by atoms with Gasteiger partial charge in [0.05, 0.1) is 6.04 Å². The summed E-state index contributed by atoms with van der Waals surface area (Å²) in [6.45, 7) is 1.28. The molecule has 0 aromatic rings. The predicted molar refractivity (Wildman–Crippen MR) is 45.6 cm³/mol. The van der Waals surface area contributed by atoms with E-state index in [0.29, 0.717) is 12.3 Å². The topological polar surface area (TPSA) is 60.2 Å². The van der Waals surface area contributed by atoms with Crippen LogP contribution in [0.15, 0.2) is 0 Å². The first-order valence-electron chi connectivity index (χ1n) is 4.41. The molecule has 1 atom stereocenters. The first kappa shape index (κ1) is 9.39. The van der Waals surface area contributed by atoms with E-state index in [-0.39, 0.29) is 0 Å². The quantitative estimate of drug-likeness (QED) is 0.629. The van der Waals surface area contributed by atoms with E-state index >= 15 is 0 Å². The van der Waals surface area contributed by atoms with E-state index < -0.39 is 17.6 Å². The van der Waals surface area contributed by atoms with Gasteiger partial charge in [-0.1, -0.05) is 19.3 Å². The number of hydrogen-bond donors (Lipinski definition) is 1. The molecule has 0 heterocycles. The third-order valence-corrected chi connectivity index (χ3v) is 2.50. The molecule has 0 aliphatic heterocycles. The molecule has 2 N–H and O–H groups in total. The van der Waals surface area contributed by atoms with Gasteiger partial charge >= 0.3 is 0 Å². The Balaban J connectivity index is 2.31. The van der Waals surface area contributed by atoms with E-state index in [2.05, 4.69) is 0 Å². The van der Waals surface area contributed by atoms with Gasteiger partial charge in [0, 0.05) is 6.92 Å². The lowest BCUT2D eigenvalue weighted by Crippen LogP contribution is -2.37. The molecule has 1 aliphatic rings. The van der Waals surface area contributed by atoms with E-state index in [0.717, 1.165) is 0 Å². The van der Waals surface area contributed by atoms with E-state index in [1.165, 1.54) is 26.2 Å². The maximum Gasteiger partial charge on any atom is 0.214 e. The van der Waals surface area contributed by atoms with Crippen LogP contribution in [0.2, 0.25) is 0 Å². The summed E-state index contributed by atoms with van der Waals surface area (Å²) >= 11 is 0. The molecule has 68 valence electrons. The molecule has 12 heavy (non-hydrogen) atoms. The minimum absolute atomic E-state index is 0.415. The second-order valence-corrected chi connectivity index (χ2v) is 3.56. The average molecular weight is 169 g/mol.